The normalized spacial score (nSPS) is 11.9. The lowest BCUT2D eigenvalue weighted by Crippen LogP contribution is -2.15. The molecule has 4 rings (SSSR count). The summed E-state index contributed by atoms with van der Waals surface area (Å²) in [5.74, 6) is -0.000347. The van der Waals surface area contributed by atoms with E-state index < -0.39 is 20.0 Å². The Morgan fingerprint density at radius 2 is 1.55 bits per heavy atom. The molecule has 0 radical (unpaired) electrons. The number of hydrogen-bond acceptors (Lipinski definition) is 7. The van der Waals surface area contributed by atoms with E-state index in [-0.39, 0.29) is 26.4 Å². The van der Waals surface area contributed by atoms with Gasteiger partial charge in [0, 0.05) is 28.9 Å². The molecule has 0 bridgehead atoms. The van der Waals surface area contributed by atoms with Crippen LogP contribution in [0.25, 0.3) is 10.8 Å². The van der Waals surface area contributed by atoms with Crippen molar-refractivity contribution in [3.63, 3.8) is 0 Å². The number of rotatable bonds is 6. The van der Waals surface area contributed by atoms with E-state index in [0.29, 0.717) is 10.8 Å². The second-order valence-electron chi connectivity index (χ2n) is 6.33. The molecule has 2 N–H and O–H groups in total. The van der Waals surface area contributed by atoms with Crippen LogP contribution in [0.4, 0.5) is 11.5 Å². The van der Waals surface area contributed by atoms with Gasteiger partial charge in [0.1, 0.15) is 0 Å². The largest absolute Gasteiger partial charge is 0.280 e. The quantitative estimate of drug-likeness (QED) is 0.437. The Kier molecular flexibility index (Phi) is 5.48. The van der Waals surface area contributed by atoms with Crippen molar-refractivity contribution in [2.75, 3.05) is 9.44 Å². The average molecular weight is 476 g/mol. The molecule has 158 valence electrons. The van der Waals surface area contributed by atoms with E-state index in [0.717, 1.165) is 0 Å². The van der Waals surface area contributed by atoms with Crippen LogP contribution in [-0.2, 0) is 20.0 Å². The Bertz CT molecular complexity index is 1450. The van der Waals surface area contributed by atoms with Gasteiger partial charge < -0.3 is 0 Å². The molecule has 0 saturated carbocycles. The van der Waals surface area contributed by atoms with Crippen molar-refractivity contribution in [3.8, 4) is 0 Å². The topological polar surface area (TPSA) is 131 Å². The van der Waals surface area contributed by atoms with Crippen molar-refractivity contribution in [2.24, 2.45) is 0 Å². The molecule has 0 amide bonds. The molecule has 2 aromatic heterocycles. The summed E-state index contributed by atoms with van der Waals surface area (Å²) in [6.07, 6.45) is 3.09. The molecule has 9 nitrogen and oxygen atoms in total. The van der Waals surface area contributed by atoms with Crippen molar-refractivity contribution in [1.82, 2.24) is 15.2 Å². The van der Waals surface area contributed by atoms with Crippen LogP contribution in [0.15, 0.2) is 82.8 Å². The van der Waals surface area contributed by atoms with Gasteiger partial charge in [-0.05, 0) is 48.5 Å². The third kappa shape index (κ3) is 4.58. The number of nitrogens with zero attached hydrogens (tertiary/aromatic N) is 3. The molecule has 4 aromatic rings. The molecule has 0 unspecified atom stereocenters. The van der Waals surface area contributed by atoms with Gasteiger partial charge in [-0.2, -0.15) is 0 Å². The second-order valence-corrected chi connectivity index (χ2v) is 10.1. The summed E-state index contributed by atoms with van der Waals surface area (Å²) in [6.45, 7) is 0. The predicted octanol–water partition coefficient (Wildman–Crippen LogP) is 3.28. The molecule has 0 spiro atoms. The van der Waals surface area contributed by atoms with Gasteiger partial charge in [0.15, 0.2) is 11.0 Å². The number of halogens is 1. The Morgan fingerprint density at radius 3 is 2.26 bits per heavy atom. The molecular weight excluding hydrogens is 462 g/mol. The fourth-order valence-electron chi connectivity index (χ4n) is 2.81. The standard InChI is InChI=1S/C19H14ClN5O4S2/c20-18-8-9-19(23-22-18)25-30(26,27)15-6-4-14(5-7-15)24-31(28,29)17-3-1-2-13-12-21-11-10-16(13)17/h1-12,24H,(H,23,25). The van der Waals surface area contributed by atoms with Crippen molar-refractivity contribution < 1.29 is 16.8 Å². The smallest absolute Gasteiger partial charge is 0.263 e. The molecule has 0 aliphatic heterocycles. The minimum Gasteiger partial charge on any atom is -0.280 e. The minimum atomic E-state index is -3.95. The predicted molar refractivity (Wildman–Crippen MR) is 117 cm³/mol. The van der Waals surface area contributed by atoms with Crippen LogP contribution < -0.4 is 9.44 Å². The molecule has 31 heavy (non-hydrogen) atoms. The fraction of sp³-hybridized carbons (Fsp3) is 0. The average Bonchev–Trinajstić information content (AvgIpc) is 2.75. The van der Waals surface area contributed by atoms with Gasteiger partial charge in [-0.15, -0.1) is 10.2 Å². The van der Waals surface area contributed by atoms with Crippen molar-refractivity contribution in [3.05, 3.63) is 78.2 Å². The van der Waals surface area contributed by atoms with Crippen LogP contribution in [0.5, 0.6) is 0 Å². The maximum absolute atomic E-state index is 12.9. The fourth-order valence-corrected chi connectivity index (χ4v) is 5.19. The SMILES string of the molecule is O=S(=O)(Nc1ccc(Cl)nn1)c1ccc(NS(=O)(=O)c2cccc3cnccc23)cc1. The van der Waals surface area contributed by atoms with E-state index in [2.05, 4.69) is 24.6 Å². The first-order valence-electron chi connectivity index (χ1n) is 8.72. The number of aromatic nitrogens is 3. The van der Waals surface area contributed by atoms with Crippen LogP contribution in [0.1, 0.15) is 0 Å². The van der Waals surface area contributed by atoms with Crippen LogP contribution >= 0.6 is 11.6 Å². The highest BCUT2D eigenvalue weighted by atomic mass is 35.5. The van der Waals surface area contributed by atoms with Crippen molar-refractivity contribution >= 4 is 53.9 Å². The summed E-state index contributed by atoms with van der Waals surface area (Å²) < 4.78 is 55.5. The number of pyridine rings is 1. The zero-order valence-corrected chi connectivity index (χ0v) is 18.0. The van der Waals surface area contributed by atoms with Crippen LogP contribution in [-0.4, -0.2) is 32.0 Å². The number of benzene rings is 2. The number of nitrogens with one attached hydrogen (secondary N) is 2. The third-order valence-corrected chi connectivity index (χ3v) is 7.23. The van der Waals surface area contributed by atoms with Gasteiger partial charge in [0.25, 0.3) is 20.0 Å². The molecule has 0 aliphatic rings. The monoisotopic (exact) mass is 475 g/mol. The summed E-state index contributed by atoms with van der Waals surface area (Å²) >= 11 is 5.64. The van der Waals surface area contributed by atoms with E-state index in [1.165, 1.54) is 48.7 Å². The Hall–Kier alpha value is -3.28. The summed E-state index contributed by atoms with van der Waals surface area (Å²) in [6, 6.07) is 14.5. The first-order valence-corrected chi connectivity index (χ1v) is 12.1. The van der Waals surface area contributed by atoms with Gasteiger partial charge in [-0.3, -0.25) is 14.4 Å². The highest BCUT2D eigenvalue weighted by Gasteiger charge is 2.19. The second kappa shape index (κ2) is 8.10. The Labute approximate surface area is 183 Å². The number of fused-ring (bicyclic) bond motifs is 1. The van der Waals surface area contributed by atoms with E-state index >= 15 is 0 Å². The Morgan fingerprint density at radius 1 is 0.774 bits per heavy atom. The molecule has 0 atom stereocenters. The molecule has 2 aromatic carbocycles. The summed E-state index contributed by atoms with van der Waals surface area (Å²) in [5.41, 5.74) is 0.205. The summed E-state index contributed by atoms with van der Waals surface area (Å²) in [5, 5.41) is 8.55. The maximum atomic E-state index is 12.9. The van der Waals surface area contributed by atoms with Gasteiger partial charge in [-0.1, -0.05) is 23.7 Å². The molecule has 12 heteroatoms. The lowest BCUT2D eigenvalue weighted by Gasteiger charge is -2.11. The van der Waals surface area contributed by atoms with E-state index in [9.17, 15) is 16.8 Å². The molecule has 0 saturated heterocycles. The van der Waals surface area contributed by atoms with E-state index in [1.807, 2.05) is 0 Å². The number of anilines is 2. The molecule has 0 aliphatic carbocycles. The lowest BCUT2D eigenvalue weighted by molar-refractivity contribution is 0.600. The highest BCUT2D eigenvalue weighted by molar-refractivity contribution is 7.93. The van der Waals surface area contributed by atoms with Gasteiger partial charge >= 0.3 is 0 Å². The lowest BCUT2D eigenvalue weighted by atomic mass is 10.2. The van der Waals surface area contributed by atoms with Crippen molar-refractivity contribution in [2.45, 2.75) is 9.79 Å². The van der Waals surface area contributed by atoms with Gasteiger partial charge in [0.05, 0.1) is 9.79 Å². The van der Waals surface area contributed by atoms with Crippen molar-refractivity contribution in [1.29, 1.82) is 0 Å². The molecule has 0 fully saturated rings. The summed E-state index contributed by atoms with van der Waals surface area (Å²) in [7, 11) is -7.86. The minimum absolute atomic E-state index is 0.000347. The first-order chi connectivity index (χ1) is 14.7. The Balaban J connectivity index is 1.57. The highest BCUT2D eigenvalue weighted by Crippen LogP contribution is 2.25. The zero-order chi connectivity index (χ0) is 22.1. The maximum Gasteiger partial charge on any atom is 0.263 e. The molecule has 2 heterocycles. The van der Waals surface area contributed by atoms with Crippen LogP contribution in [0.3, 0.4) is 0 Å². The van der Waals surface area contributed by atoms with E-state index in [4.69, 9.17) is 11.6 Å². The zero-order valence-electron chi connectivity index (χ0n) is 15.6. The summed E-state index contributed by atoms with van der Waals surface area (Å²) in [4.78, 5) is 4.00. The number of hydrogen-bond donors (Lipinski definition) is 2. The van der Waals surface area contributed by atoms with Gasteiger partial charge in [-0.25, -0.2) is 16.8 Å². The third-order valence-electron chi connectivity index (χ3n) is 4.22. The number of sulfonamides is 2. The van der Waals surface area contributed by atoms with Crippen LogP contribution in [0.2, 0.25) is 5.15 Å². The first kappa shape index (κ1) is 21.0. The van der Waals surface area contributed by atoms with Gasteiger partial charge in [0.2, 0.25) is 0 Å². The van der Waals surface area contributed by atoms with E-state index in [1.54, 1.807) is 24.4 Å². The molecular formula is C19H14ClN5O4S2. The van der Waals surface area contributed by atoms with Crippen LogP contribution in [0, 0.1) is 0 Å².